The second kappa shape index (κ2) is 6.07. The normalized spacial score (nSPS) is 26.7. The summed E-state index contributed by atoms with van der Waals surface area (Å²) < 4.78 is 0.957. The van der Waals surface area contributed by atoms with E-state index in [1.165, 1.54) is 24.2 Å². The van der Waals surface area contributed by atoms with E-state index in [0.29, 0.717) is 16.4 Å². The molecular formula is C17H20N4O2S. The van der Waals surface area contributed by atoms with Gasteiger partial charge in [0.1, 0.15) is 0 Å². The van der Waals surface area contributed by atoms with Crippen LogP contribution in [0, 0.1) is 5.92 Å². The average Bonchev–Trinajstić information content (AvgIpc) is 3.05. The maximum absolute atomic E-state index is 12.6. The first-order chi connectivity index (χ1) is 11.6. The summed E-state index contributed by atoms with van der Waals surface area (Å²) in [6.07, 6.45) is 2.36. The monoisotopic (exact) mass is 344 g/mol. The first-order valence-corrected chi connectivity index (χ1v) is 9.00. The third kappa shape index (κ3) is 2.74. The Morgan fingerprint density at radius 2 is 2.12 bits per heavy atom. The van der Waals surface area contributed by atoms with Crippen LogP contribution in [0.5, 0.6) is 0 Å². The third-order valence-corrected chi connectivity index (χ3v) is 6.22. The number of carbonyl (C=O) groups excluding carboxylic acids is 1. The van der Waals surface area contributed by atoms with Gasteiger partial charge in [-0.25, -0.2) is 0 Å². The number of nitrogens with zero attached hydrogens (tertiary/aromatic N) is 2. The van der Waals surface area contributed by atoms with Crippen molar-refractivity contribution in [3.8, 4) is 0 Å². The molecule has 7 heteroatoms. The fraction of sp³-hybridized carbons (Fsp3) is 0.412. The van der Waals surface area contributed by atoms with Crippen molar-refractivity contribution >= 4 is 33.2 Å². The molecular weight excluding hydrogens is 324 g/mol. The van der Waals surface area contributed by atoms with E-state index in [1.54, 1.807) is 6.07 Å². The molecule has 2 bridgehead atoms. The van der Waals surface area contributed by atoms with Crippen molar-refractivity contribution in [3.63, 3.8) is 0 Å². The molecule has 1 amide bonds. The van der Waals surface area contributed by atoms with E-state index in [1.807, 2.05) is 18.2 Å². The maximum atomic E-state index is 12.6. The van der Waals surface area contributed by atoms with Crippen molar-refractivity contribution in [2.45, 2.75) is 18.9 Å². The van der Waals surface area contributed by atoms with Crippen LogP contribution in [0.3, 0.4) is 0 Å². The Morgan fingerprint density at radius 3 is 2.79 bits per heavy atom. The van der Waals surface area contributed by atoms with Gasteiger partial charge in [-0.05, 0) is 49.4 Å². The Bertz CT molecular complexity index is 808. The molecule has 1 aromatic heterocycles. The molecule has 0 aliphatic carbocycles. The van der Waals surface area contributed by atoms with E-state index in [0.717, 1.165) is 29.7 Å². The Hall–Kier alpha value is -2.12. The molecule has 3 aliphatic heterocycles. The Kier molecular flexibility index (Phi) is 3.90. The fourth-order valence-electron chi connectivity index (χ4n) is 3.73. The minimum atomic E-state index is 0.000275. The van der Waals surface area contributed by atoms with Crippen LogP contribution in [0.4, 0.5) is 0 Å². The number of benzene rings is 1. The van der Waals surface area contributed by atoms with Crippen molar-refractivity contribution in [1.29, 1.82) is 0 Å². The molecule has 3 fully saturated rings. The minimum Gasteiger partial charge on any atom is -0.409 e. The molecule has 4 N–H and O–H groups in total. The van der Waals surface area contributed by atoms with Crippen molar-refractivity contribution in [1.82, 2.24) is 10.2 Å². The molecule has 3 aliphatic rings. The highest BCUT2D eigenvalue weighted by atomic mass is 32.1. The summed E-state index contributed by atoms with van der Waals surface area (Å²) in [5.41, 5.74) is 6.28. The maximum Gasteiger partial charge on any atom is 0.261 e. The number of nitrogens with two attached hydrogens (primary N) is 1. The smallest absolute Gasteiger partial charge is 0.261 e. The molecule has 6 nitrogen and oxygen atoms in total. The molecule has 4 heterocycles. The number of nitrogens with one attached hydrogen (secondary N) is 1. The third-order valence-electron chi connectivity index (χ3n) is 5.12. The lowest BCUT2D eigenvalue weighted by molar-refractivity contribution is 0.0622. The lowest BCUT2D eigenvalue weighted by Gasteiger charge is -2.44. The summed E-state index contributed by atoms with van der Waals surface area (Å²) in [7, 11) is 0. The van der Waals surface area contributed by atoms with Gasteiger partial charge in [0.15, 0.2) is 5.84 Å². The van der Waals surface area contributed by atoms with E-state index in [4.69, 9.17) is 10.9 Å². The van der Waals surface area contributed by atoms with Crippen molar-refractivity contribution < 1.29 is 10.0 Å². The summed E-state index contributed by atoms with van der Waals surface area (Å²) in [5, 5.41) is 16.0. The number of amidine groups is 1. The molecule has 3 saturated heterocycles. The molecule has 126 valence electrons. The number of oxime groups is 1. The van der Waals surface area contributed by atoms with E-state index in [2.05, 4.69) is 15.4 Å². The minimum absolute atomic E-state index is 0.000275. The van der Waals surface area contributed by atoms with Crippen LogP contribution in [-0.4, -0.2) is 47.5 Å². The number of carbonyl (C=O) groups is 1. The summed E-state index contributed by atoms with van der Waals surface area (Å²) in [5.74, 6) is 0.685. The van der Waals surface area contributed by atoms with Gasteiger partial charge < -0.3 is 21.2 Å². The summed E-state index contributed by atoms with van der Waals surface area (Å²) >= 11 is 1.44. The molecule has 1 aromatic carbocycles. The number of piperidine rings is 3. The molecule has 0 unspecified atom stereocenters. The van der Waals surface area contributed by atoms with Crippen molar-refractivity contribution in [2.24, 2.45) is 16.8 Å². The van der Waals surface area contributed by atoms with Gasteiger partial charge in [-0.2, -0.15) is 0 Å². The summed E-state index contributed by atoms with van der Waals surface area (Å²) in [6, 6.07) is 7.70. The molecule has 24 heavy (non-hydrogen) atoms. The van der Waals surface area contributed by atoms with Crippen LogP contribution in [0.2, 0.25) is 0 Å². The largest absolute Gasteiger partial charge is 0.409 e. The van der Waals surface area contributed by atoms with Gasteiger partial charge >= 0.3 is 0 Å². The highest BCUT2D eigenvalue weighted by Crippen LogP contribution is 2.30. The lowest BCUT2D eigenvalue weighted by Crippen LogP contribution is -2.57. The van der Waals surface area contributed by atoms with Gasteiger partial charge in [0.25, 0.3) is 5.91 Å². The summed E-state index contributed by atoms with van der Waals surface area (Å²) in [4.78, 5) is 15.8. The predicted molar refractivity (Wildman–Crippen MR) is 94.8 cm³/mol. The Balaban J connectivity index is 1.54. The van der Waals surface area contributed by atoms with Crippen molar-refractivity contribution in [3.05, 3.63) is 34.7 Å². The Labute approximate surface area is 143 Å². The number of hydrogen-bond donors (Lipinski definition) is 3. The molecule has 0 saturated carbocycles. The van der Waals surface area contributed by atoms with Gasteiger partial charge in [0.05, 0.1) is 4.88 Å². The fourth-order valence-corrected chi connectivity index (χ4v) is 4.73. The van der Waals surface area contributed by atoms with E-state index < -0.39 is 0 Å². The highest BCUT2D eigenvalue weighted by Gasteiger charge is 2.35. The predicted octanol–water partition coefficient (Wildman–Crippen LogP) is 1.82. The van der Waals surface area contributed by atoms with Crippen LogP contribution in [0.25, 0.3) is 10.1 Å². The topological polar surface area (TPSA) is 91.0 Å². The van der Waals surface area contributed by atoms with Crippen LogP contribution < -0.4 is 11.1 Å². The molecule has 0 radical (unpaired) electrons. The Morgan fingerprint density at radius 1 is 1.33 bits per heavy atom. The van der Waals surface area contributed by atoms with Crippen LogP contribution in [0.15, 0.2) is 29.4 Å². The van der Waals surface area contributed by atoms with Gasteiger partial charge in [-0.3, -0.25) is 4.79 Å². The second-order valence-electron chi connectivity index (χ2n) is 6.57. The lowest BCUT2D eigenvalue weighted by atomic mass is 9.84. The van der Waals surface area contributed by atoms with Crippen LogP contribution >= 0.6 is 11.3 Å². The van der Waals surface area contributed by atoms with E-state index in [9.17, 15) is 4.79 Å². The van der Waals surface area contributed by atoms with E-state index >= 15 is 0 Å². The first-order valence-electron chi connectivity index (χ1n) is 8.19. The van der Waals surface area contributed by atoms with Gasteiger partial charge in [0.2, 0.25) is 0 Å². The molecule has 2 aromatic rings. The van der Waals surface area contributed by atoms with Gasteiger partial charge in [-0.1, -0.05) is 17.3 Å². The first kappa shape index (κ1) is 15.4. The zero-order chi connectivity index (χ0) is 16.7. The van der Waals surface area contributed by atoms with Crippen molar-refractivity contribution in [2.75, 3.05) is 19.6 Å². The van der Waals surface area contributed by atoms with Crippen LogP contribution in [0.1, 0.15) is 28.1 Å². The molecule has 0 spiro atoms. The standard InChI is InChI=1S/C17H20N4O2S/c18-16(20-23)12-2-1-11-7-15(24-14(11)8-12)17(22)19-13-9-21-5-3-10(13)4-6-21/h1-2,7-8,10,13,23H,3-6,9H2,(H2,18,20)(H,19,22)/t13-/m0/s1. The number of amides is 1. The number of rotatable bonds is 3. The summed E-state index contributed by atoms with van der Waals surface area (Å²) in [6.45, 7) is 3.29. The number of fused-ring (bicyclic) bond motifs is 4. The quantitative estimate of drug-likeness (QED) is 0.343. The van der Waals surface area contributed by atoms with Crippen LogP contribution in [-0.2, 0) is 0 Å². The second-order valence-corrected chi connectivity index (χ2v) is 7.65. The zero-order valence-corrected chi connectivity index (χ0v) is 14.1. The average molecular weight is 344 g/mol. The number of hydrogen-bond acceptors (Lipinski definition) is 5. The van der Waals surface area contributed by atoms with Gasteiger partial charge in [-0.15, -0.1) is 11.3 Å². The number of thiophene rings is 1. The highest BCUT2D eigenvalue weighted by molar-refractivity contribution is 7.20. The SMILES string of the molecule is N/C(=N/O)c1ccc2cc(C(=O)N[C@H]3CN4CCC3CC4)sc2c1. The molecule has 5 rings (SSSR count). The van der Waals surface area contributed by atoms with E-state index in [-0.39, 0.29) is 17.8 Å². The zero-order valence-electron chi connectivity index (χ0n) is 13.2. The molecule has 1 atom stereocenters. The van der Waals surface area contributed by atoms with Gasteiger partial charge in [0, 0.05) is 22.8 Å².